The zero-order valence-electron chi connectivity index (χ0n) is 15.9. The predicted octanol–water partition coefficient (Wildman–Crippen LogP) is 4.28. The van der Waals surface area contributed by atoms with Crippen LogP contribution in [-0.2, 0) is 12.8 Å². The number of hydrogen-bond acceptors (Lipinski definition) is 8. The Balaban J connectivity index is 0.000000311. The van der Waals surface area contributed by atoms with Gasteiger partial charge in [-0.3, -0.25) is 20.2 Å². The molecule has 0 radical (unpaired) electrons. The Bertz CT molecular complexity index is 1020. The van der Waals surface area contributed by atoms with Crippen molar-refractivity contribution in [3.05, 3.63) is 100 Å². The number of pyridine rings is 2. The quantitative estimate of drug-likeness (QED) is 0.319. The van der Waals surface area contributed by atoms with Gasteiger partial charge in [-0.2, -0.15) is 0 Å². The average Bonchev–Trinajstić information content (AvgIpc) is 2.66. The Morgan fingerprint density at radius 3 is 1.81 bits per heavy atom. The molecule has 2 aromatic heterocycles. The van der Waals surface area contributed by atoms with Gasteiger partial charge in [0.25, 0.3) is 12.4 Å². The van der Waals surface area contributed by atoms with Gasteiger partial charge in [-0.25, -0.2) is 9.97 Å². The van der Waals surface area contributed by atoms with Crippen LogP contribution < -0.4 is 11.1 Å². The highest BCUT2D eigenvalue weighted by Gasteiger charge is 2.06. The molecule has 0 unspecified atom stereocenters. The van der Waals surface area contributed by atoms with E-state index in [0.717, 1.165) is 18.0 Å². The van der Waals surface area contributed by atoms with E-state index in [9.17, 15) is 20.2 Å². The lowest BCUT2D eigenvalue weighted by Gasteiger charge is -2.04. The van der Waals surface area contributed by atoms with Crippen molar-refractivity contribution >= 4 is 46.4 Å². The molecule has 3 N–H and O–H groups in total. The summed E-state index contributed by atoms with van der Waals surface area (Å²) >= 11 is 22.8. The van der Waals surface area contributed by atoms with Crippen molar-refractivity contribution < 1.29 is 9.85 Å². The Morgan fingerprint density at radius 1 is 0.968 bits per heavy atom. The van der Waals surface area contributed by atoms with Gasteiger partial charge in [-0.05, 0) is 23.3 Å². The van der Waals surface area contributed by atoms with Crippen LogP contribution in [0.25, 0.3) is 0 Å². The molecule has 0 saturated carbocycles. The second-order valence-electron chi connectivity index (χ2n) is 5.77. The average molecular weight is 510 g/mol. The van der Waals surface area contributed by atoms with Crippen molar-refractivity contribution in [3.63, 3.8) is 0 Å². The highest BCUT2D eigenvalue weighted by Crippen LogP contribution is 2.21. The summed E-state index contributed by atoms with van der Waals surface area (Å²) in [5.41, 5.74) is 7.41. The molecule has 0 aliphatic carbocycles. The van der Waals surface area contributed by atoms with Crippen LogP contribution in [0.3, 0.4) is 0 Å². The first-order chi connectivity index (χ1) is 14.5. The fourth-order valence-corrected chi connectivity index (χ4v) is 2.66. The lowest BCUT2D eigenvalue weighted by Crippen LogP contribution is -2.10. The molecular formula is C17H16Cl4N6O4. The molecule has 0 saturated heterocycles. The lowest BCUT2D eigenvalue weighted by atomic mass is 10.2. The van der Waals surface area contributed by atoms with Gasteiger partial charge in [0.05, 0.1) is 31.3 Å². The molecule has 0 fully saturated rings. The van der Waals surface area contributed by atoms with Gasteiger partial charge in [0.2, 0.25) is 0 Å². The van der Waals surface area contributed by atoms with E-state index in [1.807, 2.05) is 0 Å². The first kappa shape index (κ1) is 26.4. The van der Waals surface area contributed by atoms with E-state index in [1.54, 1.807) is 19.2 Å². The van der Waals surface area contributed by atoms with Crippen LogP contribution in [0.15, 0.2) is 48.3 Å². The second-order valence-corrected chi connectivity index (χ2v) is 7.30. The molecule has 2 heterocycles. The molecule has 2 aromatic rings. The molecule has 10 nitrogen and oxygen atoms in total. The third-order valence-electron chi connectivity index (χ3n) is 3.36. The van der Waals surface area contributed by atoms with Gasteiger partial charge in [0.15, 0.2) is 0 Å². The minimum Gasteiger partial charge on any atom is -0.397 e. The molecule has 14 heteroatoms. The van der Waals surface area contributed by atoms with Crippen molar-refractivity contribution in [2.75, 3.05) is 7.05 Å². The Morgan fingerprint density at radius 2 is 1.42 bits per heavy atom. The molecular weight excluding hydrogens is 494 g/mol. The van der Waals surface area contributed by atoms with E-state index in [2.05, 4.69) is 15.3 Å². The minimum atomic E-state index is -0.611. The van der Waals surface area contributed by atoms with Gasteiger partial charge >= 0.3 is 0 Å². The summed E-state index contributed by atoms with van der Waals surface area (Å²) in [5.74, 6) is 0. The van der Waals surface area contributed by atoms with Crippen LogP contribution in [0.5, 0.6) is 0 Å². The normalized spacial score (nSPS) is 11.4. The van der Waals surface area contributed by atoms with Gasteiger partial charge in [0, 0.05) is 32.3 Å². The number of aromatic nitrogens is 2. The van der Waals surface area contributed by atoms with Crippen molar-refractivity contribution in [3.8, 4) is 0 Å². The molecule has 0 bridgehead atoms. The number of rotatable bonds is 7. The molecule has 31 heavy (non-hydrogen) atoms. The van der Waals surface area contributed by atoms with Crippen molar-refractivity contribution in [1.29, 1.82) is 0 Å². The van der Waals surface area contributed by atoms with Crippen LogP contribution in [0.2, 0.25) is 20.4 Å². The number of nitrogens with one attached hydrogen (secondary N) is 1. The first-order valence-electron chi connectivity index (χ1n) is 8.23. The maximum Gasteiger partial charge on any atom is 0.253 e. The molecule has 0 aliphatic heterocycles. The molecule has 2 rings (SSSR count). The molecule has 0 aliphatic rings. The third kappa shape index (κ3) is 10.3. The number of nitro groups is 2. The molecule has 166 valence electrons. The fourth-order valence-electron chi connectivity index (χ4n) is 2.08. The predicted molar refractivity (Wildman–Crippen MR) is 119 cm³/mol. The summed E-state index contributed by atoms with van der Waals surface area (Å²) in [6, 6.07) is 3.19. The van der Waals surface area contributed by atoms with Crippen LogP contribution in [0, 0.1) is 20.2 Å². The summed E-state index contributed by atoms with van der Waals surface area (Å²) in [6.45, 7) is 0. The standard InChI is InChI=1S/C9H9Cl2N3O2.C8H7Cl2N3O2/c1-12-7(5-14(15)16)2-6-3-8(10)9(11)13-4-6;9-7-2-5(3-12-8(7)10)1-6(11)4-13(14)15/h3-5,12H,2H2,1H3;2-4H,1,11H2/b7-5-;6-4-. The van der Waals surface area contributed by atoms with E-state index < -0.39 is 9.85 Å². The van der Waals surface area contributed by atoms with Crippen molar-refractivity contribution in [1.82, 2.24) is 15.3 Å². The maximum absolute atomic E-state index is 10.3. The highest BCUT2D eigenvalue weighted by molar-refractivity contribution is 6.41. The third-order valence-corrected chi connectivity index (χ3v) is 4.73. The topological polar surface area (TPSA) is 150 Å². The van der Waals surface area contributed by atoms with E-state index in [4.69, 9.17) is 52.1 Å². The minimum absolute atomic E-state index is 0.125. The monoisotopic (exact) mass is 508 g/mol. The van der Waals surface area contributed by atoms with E-state index in [1.165, 1.54) is 12.4 Å². The second kappa shape index (κ2) is 12.9. The number of nitrogens with two attached hydrogens (primary N) is 1. The van der Waals surface area contributed by atoms with Gasteiger partial charge in [0.1, 0.15) is 10.3 Å². The summed E-state index contributed by atoms with van der Waals surface area (Å²) in [4.78, 5) is 26.9. The summed E-state index contributed by atoms with van der Waals surface area (Å²) < 4.78 is 0. The number of hydrogen-bond donors (Lipinski definition) is 2. The van der Waals surface area contributed by atoms with E-state index >= 15 is 0 Å². The van der Waals surface area contributed by atoms with E-state index in [0.29, 0.717) is 27.7 Å². The van der Waals surface area contributed by atoms with Gasteiger partial charge < -0.3 is 11.1 Å². The van der Waals surface area contributed by atoms with Crippen LogP contribution in [0.1, 0.15) is 11.1 Å². The highest BCUT2D eigenvalue weighted by atomic mass is 35.5. The summed E-state index contributed by atoms with van der Waals surface area (Å²) in [6.07, 6.45) is 5.20. The van der Waals surface area contributed by atoms with E-state index in [-0.39, 0.29) is 22.4 Å². The Labute approximate surface area is 197 Å². The zero-order valence-corrected chi connectivity index (χ0v) is 18.9. The number of likely N-dealkylation sites (N-methyl/N-ethyl adjacent to an activating group) is 1. The van der Waals surface area contributed by atoms with Gasteiger partial charge in [-0.15, -0.1) is 0 Å². The number of halogens is 4. The lowest BCUT2D eigenvalue weighted by molar-refractivity contribution is -0.403. The number of nitrogens with zero attached hydrogens (tertiary/aromatic N) is 4. The smallest absolute Gasteiger partial charge is 0.253 e. The SMILES string of the molecule is CN/C(=C\[N+](=O)[O-])Cc1cnc(Cl)c(Cl)c1.N/C(=C\[N+](=O)[O-])Cc1cnc(Cl)c(Cl)c1. The van der Waals surface area contributed by atoms with Crippen molar-refractivity contribution in [2.24, 2.45) is 5.73 Å². The Kier molecular flexibility index (Phi) is 11.0. The van der Waals surface area contributed by atoms with Crippen molar-refractivity contribution in [2.45, 2.75) is 12.8 Å². The van der Waals surface area contributed by atoms with Crippen LogP contribution >= 0.6 is 46.4 Å². The zero-order chi connectivity index (χ0) is 23.6. The first-order valence-corrected chi connectivity index (χ1v) is 9.74. The van der Waals surface area contributed by atoms with Gasteiger partial charge in [-0.1, -0.05) is 46.4 Å². The molecule has 0 atom stereocenters. The van der Waals surface area contributed by atoms with Crippen LogP contribution in [0.4, 0.5) is 0 Å². The number of allylic oxidation sites excluding steroid dienone is 2. The summed E-state index contributed by atoms with van der Waals surface area (Å²) in [7, 11) is 1.61. The Hall–Kier alpha value is -2.66. The molecule has 0 aromatic carbocycles. The maximum atomic E-state index is 10.3. The molecule has 0 amide bonds. The molecule has 0 spiro atoms. The summed E-state index contributed by atoms with van der Waals surface area (Å²) in [5, 5.41) is 24.2. The van der Waals surface area contributed by atoms with Crippen LogP contribution in [-0.4, -0.2) is 26.9 Å². The fraction of sp³-hybridized carbons (Fsp3) is 0.176. The largest absolute Gasteiger partial charge is 0.397 e.